The molecule has 0 aliphatic carbocycles. The fourth-order valence-electron chi connectivity index (χ4n) is 3.41. The Bertz CT molecular complexity index is 1550. The number of aryl methyl sites for hydroxylation is 1. The van der Waals surface area contributed by atoms with Gasteiger partial charge in [0.05, 0.1) is 16.9 Å². The first-order chi connectivity index (χ1) is 16.7. The van der Waals surface area contributed by atoms with Gasteiger partial charge in [0, 0.05) is 29.0 Å². The first-order valence-corrected chi connectivity index (χ1v) is 12.2. The maximum absolute atomic E-state index is 13.0. The van der Waals surface area contributed by atoms with Gasteiger partial charge in [-0.25, -0.2) is 4.98 Å². The standard InChI is InChI=1S/C25H25N5O4S/c1-16-14-24(30-23(28-16)12-13-27-30)34-15-19-8-10-20(11-9-19)21-6-4-5-7-22(21)35(32,33)29-25(26)17(2)18(3)31/h4-14,31H,15H2,1-3H3,(H2,26,29)/b18-17-. The highest BCUT2D eigenvalue weighted by Crippen LogP contribution is 2.29. The van der Waals surface area contributed by atoms with Crippen LogP contribution in [0.1, 0.15) is 25.1 Å². The maximum atomic E-state index is 13.0. The molecule has 0 atom stereocenters. The molecule has 0 spiro atoms. The van der Waals surface area contributed by atoms with Crippen LogP contribution in [0.2, 0.25) is 0 Å². The first kappa shape index (κ1) is 24.0. The Hall–Kier alpha value is -4.18. The number of allylic oxidation sites excluding steroid dienone is 1. The summed E-state index contributed by atoms with van der Waals surface area (Å²) in [5.74, 6) is 0.226. The van der Waals surface area contributed by atoms with Crippen LogP contribution >= 0.6 is 0 Å². The molecule has 3 N–H and O–H groups in total. The zero-order valence-electron chi connectivity index (χ0n) is 19.5. The Kier molecular flexibility index (Phi) is 6.57. The quantitative estimate of drug-likeness (QED) is 0.225. The van der Waals surface area contributed by atoms with E-state index in [1.54, 1.807) is 35.0 Å². The van der Waals surface area contributed by atoms with Crippen molar-refractivity contribution in [3.05, 3.63) is 89.5 Å². The highest BCUT2D eigenvalue weighted by molar-refractivity contribution is 7.90. The molecule has 0 fully saturated rings. The summed E-state index contributed by atoms with van der Waals surface area (Å²) >= 11 is 0. The molecule has 0 amide bonds. The summed E-state index contributed by atoms with van der Waals surface area (Å²) in [7, 11) is -4.12. The monoisotopic (exact) mass is 491 g/mol. The average Bonchev–Trinajstić information content (AvgIpc) is 3.30. The lowest BCUT2D eigenvalue weighted by Crippen LogP contribution is -2.17. The number of hydrogen-bond donors (Lipinski definition) is 2. The summed E-state index contributed by atoms with van der Waals surface area (Å²) in [5.41, 5.74) is 9.60. The molecule has 35 heavy (non-hydrogen) atoms. The van der Waals surface area contributed by atoms with Crippen LogP contribution in [0.4, 0.5) is 0 Å². The van der Waals surface area contributed by atoms with Crippen molar-refractivity contribution in [1.29, 1.82) is 0 Å². The van der Waals surface area contributed by atoms with Gasteiger partial charge >= 0.3 is 0 Å². The summed E-state index contributed by atoms with van der Waals surface area (Å²) < 4.78 is 37.3. The number of aliphatic hydroxyl groups is 1. The van der Waals surface area contributed by atoms with Crippen LogP contribution in [-0.4, -0.2) is 34.0 Å². The first-order valence-electron chi connectivity index (χ1n) is 10.8. The topological polar surface area (TPSA) is 132 Å². The van der Waals surface area contributed by atoms with E-state index in [0.29, 0.717) is 29.3 Å². The lowest BCUT2D eigenvalue weighted by molar-refractivity contribution is 0.285. The van der Waals surface area contributed by atoms with E-state index in [0.717, 1.165) is 11.3 Å². The molecule has 2 aromatic carbocycles. The molecule has 0 saturated heterocycles. The van der Waals surface area contributed by atoms with E-state index in [-0.39, 0.29) is 22.1 Å². The number of amidine groups is 1. The number of fused-ring (bicyclic) bond motifs is 1. The molecule has 2 heterocycles. The smallest absolute Gasteiger partial charge is 0.284 e. The summed E-state index contributed by atoms with van der Waals surface area (Å²) in [4.78, 5) is 4.42. The molecule has 2 aromatic heterocycles. The molecule has 0 bridgehead atoms. The number of sulfonamides is 1. The number of benzene rings is 2. The molecule has 10 heteroatoms. The number of rotatable bonds is 7. The van der Waals surface area contributed by atoms with E-state index >= 15 is 0 Å². The molecule has 4 rings (SSSR count). The van der Waals surface area contributed by atoms with Crippen LogP contribution in [0.15, 0.2) is 87.5 Å². The molecule has 0 aliphatic heterocycles. The fourth-order valence-corrected chi connectivity index (χ4v) is 4.62. The van der Waals surface area contributed by atoms with Crippen molar-refractivity contribution in [3.63, 3.8) is 0 Å². The lowest BCUT2D eigenvalue weighted by atomic mass is 10.0. The minimum absolute atomic E-state index is 0.0173. The van der Waals surface area contributed by atoms with Gasteiger partial charge in [-0.2, -0.15) is 18.0 Å². The minimum Gasteiger partial charge on any atom is -0.512 e. The highest BCUT2D eigenvalue weighted by Gasteiger charge is 2.20. The number of ether oxygens (including phenoxy) is 1. The van der Waals surface area contributed by atoms with Crippen LogP contribution in [0.5, 0.6) is 5.88 Å². The van der Waals surface area contributed by atoms with Gasteiger partial charge in [0.2, 0.25) is 5.88 Å². The third-order valence-electron chi connectivity index (χ3n) is 5.42. The fraction of sp³-hybridized carbons (Fsp3) is 0.160. The van der Waals surface area contributed by atoms with Crippen molar-refractivity contribution in [3.8, 4) is 17.0 Å². The van der Waals surface area contributed by atoms with Crippen molar-refractivity contribution in [2.45, 2.75) is 32.3 Å². The Morgan fingerprint density at radius 3 is 2.54 bits per heavy atom. The SMILES string of the molecule is C/C(O)=C(C)/C(N)=N\S(=O)(=O)c1ccccc1-c1ccc(COc2cc(C)nc3ccnn23)cc1. The number of nitrogens with two attached hydrogens (primary N) is 1. The van der Waals surface area contributed by atoms with Crippen molar-refractivity contribution in [2.24, 2.45) is 10.1 Å². The summed E-state index contributed by atoms with van der Waals surface area (Å²) in [6, 6.07) is 17.6. The summed E-state index contributed by atoms with van der Waals surface area (Å²) in [6.45, 7) is 5.10. The minimum atomic E-state index is -4.12. The molecular weight excluding hydrogens is 466 g/mol. The van der Waals surface area contributed by atoms with Crippen LogP contribution in [-0.2, 0) is 16.6 Å². The highest BCUT2D eigenvalue weighted by atomic mass is 32.2. The van der Waals surface area contributed by atoms with Gasteiger partial charge in [-0.1, -0.05) is 42.5 Å². The lowest BCUT2D eigenvalue weighted by Gasteiger charge is -2.11. The normalized spacial score (nSPS) is 13.1. The molecule has 9 nitrogen and oxygen atoms in total. The molecule has 0 unspecified atom stereocenters. The van der Waals surface area contributed by atoms with Crippen LogP contribution in [0.25, 0.3) is 16.8 Å². The van der Waals surface area contributed by atoms with Gasteiger partial charge in [-0.05, 0) is 38.0 Å². The largest absolute Gasteiger partial charge is 0.512 e. The van der Waals surface area contributed by atoms with Crippen LogP contribution < -0.4 is 10.5 Å². The predicted molar refractivity (Wildman–Crippen MR) is 134 cm³/mol. The van der Waals surface area contributed by atoms with E-state index in [9.17, 15) is 13.5 Å². The Morgan fingerprint density at radius 2 is 1.83 bits per heavy atom. The van der Waals surface area contributed by atoms with Gasteiger partial charge in [0.15, 0.2) is 5.65 Å². The molecule has 180 valence electrons. The Labute approximate surface area is 203 Å². The third-order valence-corrected chi connectivity index (χ3v) is 6.77. The Balaban J connectivity index is 1.59. The van der Waals surface area contributed by atoms with E-state index in [4.69, 9.17) is 10.5 Å². The van der Waals surface area contributed by atoms with E-state index in [2.05, 4.69) is 14.5 Å². The Morgan fingerprint density at radius 1 is 1.11 bits per heavy atom. The number of aliphatic hydroxyl groups excluding tert-OH is 1. The van der Waals surface area contributed by atoms with Crippen molar-refractivity contribution in [1.82, 2.24) is 14.6 Å². The van der Waals surface area contributed by atoms with Gasteiger partial charge in [0.1, 0.15) is 12.4 Å². The van der Waals surface area contributed by atoms with Crippen molar-refractivity contribution >= 4 is 21.5 Å². The zero-order chi connectivity index (χ0) is 25.2. The van der Waals surface area contributed by atoms with Gasteiger partial charge in [-0.3, -0.25) is 0 Å². The molecular formula is C25H25N5O4S. The third kappa shape index (κ3) is 5.17. The summed E-state index contributed by atoms with van der Waals surface area (Å²) in [6.07, 6.45) is 1.66. The van der Waals surface area contributed by atoms with Gasteiger partial charge in [-0.15, -0.1) is 4.40 Å². The molecule has 0 radical (unpaired) electrons. The van der Waals surface area contributed by atoms with Crippen LogP contribution in [0, 0.1) is 6.92 Å². The number of hydrogen-bond acceptors (Lipinski definition) is 6. The van der Waals surface area contributed by atoms with Crippen molar-refractivity contribution in [2.75, 3.05) is 0 Å². The second kappa shape index (κ2) is 9.59. The van der Waals surface area contributed by atoms with E-state index < -0.39 is 10.0 Å². The zero-order valence-corrected chi connectivity index (χ0v) is 20.3. The molecule has 0 aliphatic rings. The maximum Gasteiger partial charge on any atom is 0.284 e. The number of aromatic nitrogens is 3. The van der Waals surface area contributed by atoms with E-state index in [1.807, 2.05) is 37.3 Å². The van der Waals surface area contributed by atoms with Crippen LogP contribution in [0.3, 0.4) is 0 Å². The average molecular weight is 492 g/mol. The molecule has 4 aromatic rings. The summed E-state index contributed by atoms with van der Waals surface area (Å²) in [5, 5.41) is 13.8. The second-order valence-corrected chi connectivity index (χ2v) is 9.55. The second-order valence-electron chi connectivity index (χ2n) is 7.98. The van der Waals surface area contributed by atoms with Gasteiger partial charge < -0.3 is 15.6 Å². The predicted octanol–water partition coefficient (Wildman–Crippen LogP) is 4.18. The van der Waals surface area contributed by atoms with E-state index in [1.165, 1.54) is 19.9 Å². The van der Waals surface area contributed by atoms with Crippen molar-refractivity contribution < 1.29 is 18.3 Å². The molecule has 0 saturated carbocycles. The van der Waals surface area contributed by atoms with Gasteiger partial charge in [0.25, 0.3) is 10.0 Å². The number of nitrogens with zero attached hydrogens (tertiary/aromatic N) is 4.